The summed E-state index contributed by atoms with van der Waals surface area (Å²) in [5.41, 5.74) is 1.67. The van der Waals surface area contributed by atoms with E-state index in [0.29, 0.717) is 45.1 Å². The molecule has 1 N–H and O–H groups in total. The third-order valence-corrected chi connectivity index (χ3v) is 4.70. The van der Waals surface area contributed by atoms with Gasteiger partial charge in [-0.3, -0.25) is 4.79 Å². The number of rotatable bonds is 7. The summed E-state index contributed by atoms with van der Waals surface area (Å²) in [7, 11) is 6.09. The summed E-state index contributed by atoms with van der Waals surface area (Å²) < 4.78 is 22.6. The van der Waals surface area contributed by atoms with Gasteiger partial charge in [0.15, 0.2) is 5.69 Å². The van der Waals surface area contributed by atoms with Crippen LogP contribution in [0.4, 0.5) is 5.69 Å². The number of halogens is 1. The number of carbonyl (C=O) groups excluding carboxylic acids is 1. The van der Waals surface area contributed by atoms with Crippen LogP contribution in [0.3, 0.4) is 0 Å². The molecule has 1 heterocycles. The van der Waals surface area contributed by atoms with Crippen LogP contribution < -0.4 is 24.3 Å². The first-order chi connectivity index (χ1) is 14.4. The molecule has 0 saturated heterocycles. The summed E-state index contributed by atoms with van der Waals surface area (Å²) >= 11 is 6.25. The third kappa shape index (κ3) is 4.11. The van der Waals surface area contributed by atoms with Crippen LogP contribution in [0.15, 0.2) is 30.3 Å². The first-order valence-corrected chi connectivity index (χ1v) is 9.18. The van der Waals surface area contributed by atoms with Gasteiger partial charge in [0.1, 0.15) is 28.7 Å². The summed E-state index contributed by atoms with van der Waals surface area (Å²) in [6.45, 7) is 1.72. The topological polar surface area (TPSA) is 96.7 Å². The third-order valence-electron chi connectivity index (χ3n) is 4.40. The van der Waals surface area contributed by atoms with Crippen LogP contribution in [-0.4, -0.2) is 49.3 Å². The van der Waals surface area contributed by atoms with E-state index in [1.165, 1.54) is 33.1 Å². The number of carbonyl (C=O) groups is 1. The molecular weight excluding hydrogens is 412 g/mol. The van der Waals surface area contributed by atoms with Gasteiger partial charge in [-0.05, 0) is 13.0 Å². The molecule has 0 radical (unpaired) electrons. The normalized spacial score (nSPS) is 10.5. The molecule has 0 aliphatic heterocycles. The summed E-state index contributed by atoms with van der Waals surface area (Å²) in [4.78, 5) is 12.8. The number of methoxy groups -OCH3 is 4. The molecule has 0 atom stereocenters. The average molecular weight is 433 g/mol. The largest absolute Gasteiger partial charge is 0.497 e. The molecule has 0 bridgehead atoms. The Morgan fingerprint density at radius 1 is 0.933 bits per heavy atom. The van der Waals surface area contributed by atoms with E-state index in [1.54, 1.807) is 37.3 Å². The lowest BCUT2D eigenvalue weighted by molar-refractivity contribution is 0.102. The van der Waals surface area contributed by atoms with Gasteiger partial charge in [-0.2, -0.15) is 0 Å². The zero-order chi connectivity index (χ0) is 21.8. The van der Waals surface area contributed by atoms with Crippen LogP contribution in [0.1, 0.15) is 16.2 Å². The smallest absolute Gasteiger partial charge is 0.278 e. The number of nitrogens with one attached hydrogen (secondary N) is 1. The Morgan fingerprint density at radius 3 is 2.13 bits per heavy atom. The molecule has 0 spiro atoms. The maximum atomic E-state index is 12.8. The second-order valence-electron chi connectivity index (χ2n) is 6.15. The predicted octanol–water partition coefficient (Wildman–Crippen LogP) is 3.52. The number of hydrogen-bond acceptors (Lipinski definition) is 7. The van der Waals surface area contributed by atoms with Crippen LogP contribution in [0.25, 0.3) is 5.69 Å². The Kier molecular flexibility index (Phi) is 6.31. The standard InChI is InChI=1S/C20H21ClN4O5/c1-11-19(20(26)22-12-6-13(27-2)8-14(7-12)28-3)23-24-25(11)16-9-15(21)17(29-4)10-18(16)30-5/h6-10H,1-5H3,(H,22,26). The molecule has 0 saturated carbocycles. The van der Waals surface area contributed by atoms with Gasteiger partial charge in [-0.15, -0.1) is 5.10 Å². The fraction of sp³-hybridized carbons (Fsp3) is 0.250. The van der Waals surface area contributed by atoms with Crippen molar-refractivity contribution in [1.82, 2.24) is 15.0 Å². The highest BCUT2D eigenvalue weighted by Crippen LogP contribution is 2.35. The van der Waals surface area contributed by atoms with E-state index in [0.717, 1.165) is 0 Å². The monoisotopic (exact) mass is 432 g/mol. The highest BCUT2D eigenvalue weighted by Gasteiger charge is 2.21. The van der Waals surface area contributed by atoms with E-state index in [1.807, 2.05) is 0 Å². The molecule has 10 heteroatoms. The Balaban J connectivity index is 1.94. The molecular formula is C20H21ClN4O5. The van der Waals surface area contributed by atoms with Crippen LogP contribution in [0, 0.1) is 6.92 Å². The van der Waals surface area contributed by atoms with Crippen molar-refractivity contribution < 1.29 is 23.7 Å². The van der Waals surface area contributed by atoms with Crippen molar-refractivity contribution in [3.05, 3.63) is 46.7 Å². The maximum absolute atomic E-state index is 12.8. The summed E-state index contributed by atoms with van der Waals surface area (Å²) in [6.07, 6.45) is 0. The van der Waals surface area contributed by atoms with Crippen molar-refractivity contribution in [1.29, 1.82) is 0 Å². The highest BCUT2D eigenvalue weighted by atomic mass is 35.5. The highest BCUT2D eigenvalue weighted by molar-refractivity contribution is 6.32. The Hall–Kier alpha value is -3.46. The molecule has 9 nitrogen and oxygen atoms in total. The number of benzene rings is 2. The molecule has 2 aromatic carbocycles. The second-order valence-corrected chi connectivity index (χ2v) is 6.56. The molecule has 0 fully saturated rings. The minimum Gasteiger partial charge on any atom is -0.497 e. The van der Waals surface area contributed by atoms with E-state index in [-0.39, 0.29) is 5.69 Å². The Morgan fingerprint density at radius 2 is 1.57 bits per heavy atom. The molecule has 158 valence electrons. The number of hydrogen-bond donors (Lipinski definition) is 1. The van der Waals surface area contributed by atoms with Gasteiger partial charge in [0.2, 0.25) is 0 Å². The molecule has 3 rings (SSSR count). The van der Waals surface area contributed by atoms with E-state index in [9.17, 15) is 4.79 Å². The van der Waals surface area contributed by atoms with Crippen LogP contribution in [-0.2, 0) is 0 Å². The van der Waals surface area contributed by atoms with E-state index in [2.05, 4.69) is 15.6 Å². The van der Waals surface area contributed by atoms with Crippen molar-refractivity contribution in [2.24, 2.45) is 0 Å². The number of nitrogens with zero attached hydrogens (tertiary/aromatic N) is 3. The summed E-state index contributed by atoms with van der Waals surface area (Å²) in [5, 5.41) is 11.3. The van der Waals surface area contributed by atoms with Gasteiger partial charge in [-0.1, -0.05) is 16.8 Å². The molecule has 1 aromatic heterocycles. The molecule has 0 unspecified atom stereocenters. The number of aromatic nitrogens is 3. The Labute approximate surface area is 178 Å². The van der Waals surface area contributed by atoms with Gasteiger partial charge < -0.3 is 24.3 Å². The van der Waals surface area contributed by atoms with E-state index < -0.39 is 5.91 Å². The second kappa shape index (κ2) is 8.91. The van der Waals surface area contributed by atoms with Crippen LogP contribution in [0.5, 0.6) is 23.0 Å². The first kappa shape index (κ1) is 21.3. The lowest BCUT2D eigenvalue weighted by atomic mass is 10.2. The van der Waals surface area contributed by atoms with Crippen molar-refractivity contribution in [3.8, 4) is 28.7 Å². The van der Waals surface area contributed by atoms with Gasteiger partial charge >= 0.3 is 0 Å². The lowest BCUT2D eigenvalue weighted by Crippen LogP contribution is -2.14. The van der Waals surface area contributed by atoms with Gasteiger partial charge in [0, 0.05) is 30.0 Å². The minimum atomic E-state index is -0.437. The predicted molar refractivity (Wildman–Crippen MR) is 112 cm³/mol. The molecule has 30 heavy (non-hydrogen) atoms. The van der Waals surface area contributed by atoms with E-state index >= 15 is 0 Å². The summed E-state index contributed by atoms with van der Waals surface area (Å²) in [6, 6.07) is 8.33. The van der Waals surface area contributed by atoms with Crippen molar-refractivity contribution >= 4 is 23.2 Å². The zero-order valence-corrected chi connectivity index (χ0v) is 17.9. The number of anilines is 1. The fourth-order valence-electron chi connectivity index (χ4n) is 2.85. The minimum absolute atomic E-state index is 0.144. The van der Waals surface area contributed by atoms with Crippen molar-refractivity contribution in [3.63, 3.8) is 0 Å². The molecule has 3 aromatic rings. The SMILES string of the molecule is COc1cc(NC(=O)c2nnn(-c3cc(Cl)c(OC)cc3OC)c2C)cc(OC)c1. The fourth-order valence-corrected chi connectivity index (χ4v) is 3.08. The Bertz CT molecular complexity index is 1060. The molecule has 0 aliphatic carbocycles. The quantitative estimate of drug-likeness (QED) is 0.610. The molecule has 1 amide bonds. The maximum Gasteiger partial charge on any atom is 0.278 e. The van der Waals surface area contributed by atoms with Gasteiger partial charge in [-0.25, -0.2) is 4.68 Å². The zero-order valence-electron chi connectivity index (χ0n) is 17.1. The van der Waals surface area contributed by atoms with E-state index in [4.69, 9.17) is 30.5 Å². The lowest BCUT2D eigenvalue weighted by Gasteiger charge is -2.13. The van der Waals surface area contributed by atoms with Crippen LogP contribution in [0.2, 0.25) is 5.02 Å². The van der Waals surface area contributed by atoms with Crippen molar-refractivity contribution in [2.75, 3.05) is 33.8 Å². The van der Waals surface area contributed by atoms with Gasteiger partial charge in [0.25, 0.3) is 5.91 Å². The average Bonchev–Trinajstić information content (AvgIpc) is 3.14. The first-order valence-electron chi connectivity index (χ1n) is 8.80. The molecule has 0 aliphatic rings. The number of amides is 1. The summed E-state index contributed by atoms with van der Waals surface area (Å²) in [5.74, 6) is 1.58. The van der Waals surface area contributed by atoms with Crippen molar-refractivity contribution in [2.45, 2.75) is 6.92 Å². The van der Waals surface area contributed by atoms with Crippen LogP contribution >= 0.6 is 11.6 Å². The number of ether oxygens (including phenoxy) is 4. The van der Waals surface area contributed by atoms with Gasteiger partial charge in [0.05, 0.1) is 39.2 Å².